The average Bonchev–Trinajstić information content (AvgIpc) is 3.36. The highest BCUT2D eigenvalue weighted by Crippen LogP contribution is 2.19. The van der Waals surface area contributed by atoms with Crippen LogP contribution in [-0.2, 0) is 17.9 Å². The fraction of sp³-hybridized carbons (Fsp3) is 0.238. The molecule has 3 aromatic heterocycles. The van der Waals surface area contributed by atoms with Gasteiger partial charge in [-0.05, 0) is 56.2 Å². The molecule has 8 nitrogen and oxygen atoms in total. The molecular weight excluding hydrogens is 370 g/mol. The number of rotatable bonds is 5. The molecular formula is C21H21N5O3. The number of carbonyl (C=O) groups excluding carboxylic acids is 1. The second-order valence-corrected chi connectivity index (χ2v) is 6.99. The number of amides is 1. The van der Waals surface area contributed by atoms with Crippen molar-refractivity contribution in [2.45, 2.75) is 33.9 Å². The molecule has 1 amide bonds. The smallest absolute Gasteiger partial charge is 0.293 e. The molecule has 0 saturated heterocycles. The van der Waals surface area contributed by atoms with E-state index in [2.05, 4.69) is 15.5 Å². The van der Waals surface area contributed by atoms with Crippen LogP contribution in [0.25, 0.3) is 16.6 Å². The van der Waals surface area contributed by atoms with Gasteiger partial charge in [0.25, 0.3) is 5.56 Å². The normalized spacial score (nSPS) is 11.1. The lowest BCUT2D eigenvalue weighted by Crippen LogP contribution is -2.34. The van der Waals surface area contributed by atoms with Gasteiger partial charge in [0.15, 0.2) is 0 Å². The van der Waals surface area contributed by atoms with Crippen molar-refractivity contribution in [2.75, 3.05) is 0 Å². The third-order valence-corrected chi connectivity index (χ3v) is 4.94. The number of hydrogen-bond donors (Lipinski definition) is 1. The topological polar surface area (TPSA) is 94.9 Å². The van der Waals surface area contributed by atoms with Crippen molar-refractivity contribution in [1.82, 2.24) is 24.9 Å². The van der Waals surface area contributed by atoms with Crippen molar-refractivity contribution in [2.24, 2.45) is 0 Å². The Hall–Kier alpha value is -3.68. The minimum Gasteiger partial charge on any atom is -0.467 e. The summed E-state index contributed by atoms with van der Waals surface area (Å²) in [6, 6.07) is 9.41. The number of nitrogens with one attached hydrogen (secondary N) is 1. The second kappa shape index (κ2) is 7.38. The average molecular weight is 391 g/mol. The Labute approximate surface area is 166 Å². The lowest BCUT2D eigenvalue weighted by molar-refractivity contribution is -0.122. The second-order valence-electron chi connectivity index (χ2n) is 6.99. The number of aromatic nitrogens is 4. The molecule has 0 atom stereocenters. The zero-order chi connectivity index (χ0) is 20.5. The standard InChI is InChI=1S/C21H21N5O3/c1-13-6-7-16(9-14(13)2)26-20-18(11-23-26)15(3)24-25(21(20)28)12-19(27)22-10-17-5-4-8-29-17/h4-9,11H,10,12H2,1-3H3,(H,22,27). The van der Waals surface area contributed by atoms with Crippen molar-refractivity contribution in [3.8, 4) is 5.69 Å². The Kier molecular flexibility index (Phi) is 4.75. The molecule has 148 valence electrons. The van der Waals surface area contributed by atoms with Crippen LogP contribution in [0.5, 0.6) is 0 Å². The van der Waals surface area contributed by atoms with E-state index in [1.165, 1.54) is 4.68 Å². The first-order valence-electron chi connectivity index (χ1n) is 9.26. The van der Waals surface area contributed by atoms with Gasteiger partial charge in [-0.3, -0.25) is 9.59 Å². The monoisotopic (exact) mass is 391 g/mol. The SMILES string of the molecule is Cc1ccc(-n2ncc3c(C)nn(CC(=O)NCc4ccco4)c(=O)c32)cc1C. The summed E-state index contributed by atoms with van der Waals surface area (Å²) in [5, 5.41) is 12.1. The highest BCUT2D eigenvalue weighted by Gasteiger charge is 2.17. The molecule has 8 heteroatoms. The fourth-order valence-corrected chi connectivity index (χ4v) is 3.17. The minimum atomic E-state index is -0.366. The van der Waals surface area contributed by atoms with Crippen LogP contribution in [0.1, 0.15) is 22.6 Å². The molecule has 4 aromatic rings. The Morgan fingerprint density at radius 3 is 2.72 bits per heavy atom. The van der Waals surface area contributed by atoms with Gasteiger partial charge >= 0.3 is 0 Å². The van der Waals surface area contributed by atoms with Crippen molar-refractivity contribution >= 4 is 16.8 Å². The van der Waals surface area contributed by atoms with Crippen LogP contribution in [0.3, 0.4) is 0 Å². The molecule has 0 unspecified atom stereocenters. The quantitative estimate of drug-likeness (QED) is 0.564. The van der Waals surface area contributed by atoms with Crippen LogP contribution in [0.4, 0.5) is 0 Å². The molecule has 0 bridgehead atoms. The maximum absolute atomic E-state index is 13.1. The van der Waals surface area contributed by atoms with E-state index in [1.807, 2.05) is 32.0 Å². The molecule has 3 heterocycles. The summed E-state index contributed by atoms with van der Waals surface area (Å²) in [5.41, 5.74) is 3.73. The van der Waals surface area contributed by atoms with E-state index >= 15 is 0 Å². The summed E-state index contributed by atoms with van der Waals surface area (Å²) in [6.45, 7) is 5.91. The predicted octanol–water partition coefficient (Wildman–Crippen LogP) is 2.42. The van der Waals surface area contributed by atoms with E-state index < -0.39 is 0 Å². The number of benzene rings is 1. The summed E-state index contributed by atoms with van der Waals surface area (Å²) in [7, 11) is 0. The Morgan fingerprint density at radius 1 is 1.17 bits per heavy atom. The third kappa shape index (κ3) is 3.56. The van der Waals surface area contributed by atoms with Gasteiger partial charge in [-0.15, -0.1) is 0 Å². The van der Waals surface area contributed by atoms with Gasteiger partial charge in [0.1, 0.15) is 17.8 Å². The van der Waals surface area contributed by atoms with Gasteiger partial charge in [-0.25, -0.2) is 9.36 Å². The third-order valence-electron chi connectivity index (χ3n) is 4.94. The predicted molar refractivity (Wildman–Crippen MR) is 108 cm³/mol. The first kappa shape index (κ1) is 18.7. The molecule has 0 aliphatic heterocycles. The Balaban J connectivity index is 1.69. The maximum atomic E-state index is 13.1. The van der Waals surface area contributed by atoms with Gasteiger partial charge in [-0.1, -0.05) is 6.07 Å². The number of aryl methyl sites for hydroxylation is 3. The van der Waals surface area contributed by atoms with Gasteiger partial charge in [-0.2, -0.15) is 10.2 Å². The molecule has 0 spiro atoms. The Bertz CT molecular complexity index is 1250. The highest BCUT2D eigenvalue weighted by molar-refractivity contribution is 5.82. The molecule has 0 fully saturated rings. The van der Waals surface area contributed by atoms with Gasteiger partial charge in [0.05, 0.1) is 30.4 Å². The zero-order valence-corrected chi connectivity index (χ0v) is 16.5. The summed E-state index contributed by atoms with van der Waals surface area (Å²) < 4.78 is 7.98. The van der Waals surface area contributed by atoms with Gasteiger partial charge in [0, 0.05) is 5.39 Å². The van der Waals surface area contributed by atoms with E-state index in [9.17, 15) is 9.59 Å². The van der Waals surface area contributed by atoms with Crippen LogP contribution in [0.2, 0.25) is 0 Å². The number of nitrogens with zero attached hydrogens (tertiary/aromatic N) is 4. The molecule has 0 aliphatic carbocycles. The van der Waals surface area contributed by atoms with Crippen LogP contribution in [0, 0.1) is 20.8 Å². The van der Waals surface area contributed by atoms with Crippen LogP contribution in [0.15, 0.2) is 52.0 Å². The van der Waals surface area contributed by atoms with Crippen molar-refractivity contribution in [1.29, 1.82) is 0 Å². The maximum Gasteiger partial charge on any atom is 0.293 e. The van der Waals surface area contributed by atoms with Crippen LogP contribution >= 0.6 is 0 Å². The molecule has 1 aromatic carbocycles. The van der Waals surface area contributed by atoms with Crippen LogP contribution < -0.4 is 10.9 Å². The van der Waals surface area contributed by atoms with E-state index in [0.717, 1.165) is 16.8 Å². The first-order chi connectivity index (χ1) is 13.9. The summed E-state index contributed by atoms with van der Waals surface area (Å²) in [6.07, 6.45) is 3.17. The molecule has 29 heavy (non-hydrogen) atoms. The largest absolute Gasteiger partial charge is 0.467 e. The number of furan rings is 1. The van der Waals surface area contributed by atoms with Gasteiger partial charge < -0.3 is 9.73 Å². The highest BCUT2D eigenvalue weighted by atomic mass is 16.3. The zero-order valence-electron chi connectivity index (χ0n) is 16.5. The minimum absolute atomic E-state index is 0.186. The lowest BCUT2D eigenvalue weighted by Gasteiger charge is -2.10. The van der Waals surface area contributed by atoms with E-state index in [1.54, 1.807) is 36.2 Å². The van der Waals surface area contributed by atoms with Crippen molar-refractivity contribution in [3.63, 3.8) is 0 Å². The van der Waals surface area contributed by atoms with Gasteiger partial charge in [0.2, 0.25) is 5.91 Å². The lowest BCUT2D eigenvalue weighted by atomic mass is 10.1. The number of hydrogen-bond acceptors (Lipinski definition) is 5. The van der Waals surface area contributed by atoms with E-state index in [-0.39, 0.29) is 24.6 Å². The summed E-state index contributed by atoms with van der Waals surface area (Å²) in [4.78, 5) is 25.4. The number of fused-ring (bicyclic) bond motifs is 1. The van der Waals surface area contributed by atoms with Crippen molar-refractivity contribution < 1.29 is 9.21 Å². The van der Waals surface area contributed by atoms with Crippen molar-refractivity contribution in [3.05, 3.63) is 75.7 Å². The Morgan fingerprint density at radius 2 is 2.00 bits per heavy atom. The molecule has 1 N–H and O–H groups in total. The molecule has 0 saturated carbocycles. The molecule has 0 radical (unpaired) electrons. The van der Waals surface area contributed by atoms with Crippen LogP contribution in [-0.4, -0.2) is 25.5 Å². The summed E-state index contributed by atoms with van der Waals surface area (Å²) >= 11 is 0. The fourth-order valence-electron chi connectivity index (χ4n) is 3.17. The molecule has 0 aliphatic rings. The van der Waals surface area contributed by atoms with E-state index in [0.29, 0.717) is 22.4 Å². The first-order valence-corrected chi connectivity index (χ1v) is 9.26. The summed E-state index contributed by atoms with van der Waals surface area (Å²) in [5.74, 6) is 0.310. The number of carbonyl (C=O) groups is 1. The van der Waals surface area contributed by atoms with E-state index in [4.69, 9.17) is 4.42 Å². The molecule has 4 rings (SSSR count).